The lowest BCUT2D eigenvalue weighted by Gasteiger charge is -2.12. The van der Waals surface area contributed by atoms with Crippen LogP contribution in [0.1, 0.15) is 28.4 Å². The first-order valence-corrected chi connectivity index (χ1v) is 12.0. The molecule has 3 aromatic carbocycles. The van der Waals surface area contributed by atoms with Gasteiger partial charge >= 0.3 is 0 Å². The largest absolute Gasteiger partial charge is 0.494 e. The second-order valence-corrected chi connectivity index (χ2v) is 9.23. The molecule has 0 saturated heterocycles. The van der Waals surface area contributed by atoms with Crippen LogP contribution in [0.2, 0.25) is 5.02 Å². The minimum Gasteiger partial charge on any atom is -0.494 e. The van der Waals surface area contributed by atoms with Gasteiger partial charge in [0.15, 0.2) is 0 Å². The van der Waals surface area contributed by atoms with Crippen molar-refractivity contribution in [2.24, 2.45) is 0 Å². The van der Waals surface area contributed by atoms with Gasteiger partial charge in [-0.25, -0.2) is 8.42 Å². The molecule has 32 heavy (non-hydrogen) atoms. The van der Waals surface area contributed by atoms with Crippen molar-refractivity contribution in [3.63, 3.8) is 0 Å². The van der Waals surface area contributed by atoms with Crippen LogP contribution in [0.3, 0.4) is 0 Å². The first-order chi connectivity index (χ1) is 15.3. The molecule has 0 spiro atoms. The van der Waals surface area contributed by atoms with Crippen LogP contribution in [0, 0.1) is 6.92 Å². The third kappa shape index (κ3) is 6.02. The van der Waals surface area contributed by atoms with Crippen molar-refractivity contribution >= 4 is 33.2 Å². The Kier molecular flexibility index (Phi) is 7.77. The zero-order valence-corrected chi connectivity index (χ0v) is 19.5. The summed E-state index contributed by atoms with van der Waals surface area (Å²) in [7, 11) is -3.91. The summed E-state index contributed by atoms with van der Waals surface area (Å²) >= 11 is 6.18. The van der Waals surface area contributed by atoms with Gasteiger partial charge in [0.25, 0.3) is 15.9 Å². The van der Waals surface area contributed by atoms with E-state index in [9.17, 15) is 13.2 Å². The highest BCUT2D eigenvalue weighted by molar-refractivity contribution is 7.92. The third-order valence-electron chi connectivity index (χ3n) is 4.85. The minimum absolute atomic E-state index is 0.0557. The van der Waals surface area contributed by atoms with Crippen LogP contribution in [-0.2, 0) is 16.4 Å². The summed E-state index contributed by atoms with van der Waals surface area (Å²) in [6, 6.07) is 18.6. The molecule has 3 rings (SSSR count). The van der Waals surface area contributed by atoms with E-state index in [1.54, 1.807) is 24.3 Å². The maximum absolute atomic E-state index is 12.8. The Hall–Kier alpha value is -3.03. The van der Waals surface area contributed by atoms with E-state index in [-0.39, 0.29) is 15.5 Å². The Balaban J connectivity index is 1.70. The fourth-order valence-electron chi connectivity index (χ4n) is 3.14. The van der Waals surface area contributed by atoms with Crippen molar-refractivity contribution < 1.29 is 17.9 Å². The molecule has 0 atom stereocenters. The van der Waals surface area contributed by atoms with Gasteiger partial charge in [0.2, 0.25) is 0 Å². The van der Waals surface area contributed by atoms with Gasteiger partial charge in [0, 0.05) is 12.2 Å². The summed E-state index contributed by atoms with van der Waals surface area (Å²) in [4.78, 5) is 12.6. The predicted molar refractivity (Wildman–Crippen MR) is 127 cm³/mol. The van der Waals surface area contributed by atoms with Crippen molar-refractivity contribution in [3.05, 3.63) is 88.4 Å². The van der Waals surface area contributed by atoms with Crippen LogP contribution in [0.4, 0.5) is 5.69 Å². The minimum atomic E-state index is -3.91. The van der Waals surface area contributed by atoms with Gasteiger partial charge in [-0.3, -0.25) is 9.52 Å². The molecule has 0 aromatic heterocycles. The lowest BCUT2D eigenvalue weighted by Crippen LogP contribution is -2.26. The van der Waals surface area contributed by atoms with Crippen LogP contribution < -0.4 is 14.8 Å². The zero-order valence-electron chi connectivity index (χ0n) is 17.9. The van der Waals surface area contributed by atoms with Crippen molar-refractivity contribution in [1.29, 1.82) is 0 Å². The van der Waals surface area contributed by atoms with Gasteiger partial charge in [-0.1, -0.05) is 35.9 Å². The lowest BCUT2D eigenvalue weighted by molar-refractivity contribution is 0.0954. The Morgan fingerprint density at radius 2 is 1.75 bits per heavy atom. The number of aryl methyl sites for hydroxylation is 1. The first kappa shape index (κ1) is 23.6. The highest BCUT2D eigenvalue weighted by atomic mass is 35.5. The molecule has 6 nitrogen and oxygen atoms in total. The number of hydrogen-bond donors (Lipinski definition) is 2. The molecule has 0 aliphatic carbocycles. The van der Waals surface area contributed by atoms with Gasteiger partial charge in [-0.15, -0.1) is 0 Å². The van der Waals surface area contributed by atoms with Crippen LogP contribution in [0.25, 0.3) is 0 Å². The Morgan fingerprint density at radius 3 is 2.44 bits per heavy atom. The van der Waals surface area contributed by atoms with Crippen molar-refractivity contribution in [1.82, 2.24) is 5.32 Å². The van der Waals surface area contributed by atoms with Crippen molar-refractivity contribution in [2.45, 2.75) is 25.2 Å². The number of benzene rings is 3. The highest BCUT2D eigenvalue weighted by Crippen LogP contribution is 2.24. The molecule has 3 aromatic rings. The quantitative estimate of drug-likeness (QED) is 0.467. The second kappa shape index (κ2) is 10.5. The summed E-state index contributed by atoms with van der Waals surface area (Å²) in [6.07, 6.45) is 0.660. The number of carbonyl (C=O) groups excluding carboxylic acids is 1. The number of halogens is 1. The van der Waals surface area contributed by atoms with Crippen molar-refractivity contribution in [3.8, 4) is 5.75 Å². The number of hydrogen-bond acceptors (Lipinski definition) is 4. The van der Waals surface area contributed by atoms with E-state index >= 15 is 0 Å². The van der Waals surface area contributed by atoms with Crippen LogP contribution >= 0.6 is 11.6 Å². The Morgan fingerprint density at radius 1 is 1.03 bits per heavy atom. The fourth-order valence-corrected chi connectivity index (χ4v) is 4.43. The molecule has 0 fully saturated rings. The highest BCUT2D eigenvalue weighted by Gasteiger charge is 2.19. The number of nitrogens with one attached hydrogen (secondary N) is 2. The average molecular weight is 473 g/mol. The fraction of sp³-hybridized carbons (Fsp3) is 0.208. The molecule has 168 valence electrons. The Labute approximate surface area is 193 Å². The molecule has 0 radical (unpaired) electrons. The van der Waals surface area contributed by atoms with Crippen LogP contribution in [-0.4, -0.2) is 27.5 Å². The summed E-state index contributed by atoms with van der Waals surface area (Å²) < 4.78 is 33.5. The summed E-state index contributed by atoms with van der Waals surface area (Å²) in [5.74, 6) is 0.216. The maximum Gasteiger partial charge on any atom is 0.261 e. The van der Waals surface area contributed by atoms with Gasteiger partial charge < -0.3 is 10.1 Å². The van der Waals surface area contributed by atoms with E-state index in [2.05, 4.69) is 10.0 Å². The molecule has 0 saturated carbocycles. The summed E-state index contributed by atoms with van der Waals surface area (Å²) in [5, 5.41) is 2.99. The normalized spacial score (nSPS) is 11.1. The molecule has 0 aliphatic heterocycles. The molecule has 2 N–H and O–H groups in total. The molecule has 0 bridgehead atoms. The zero-order chi connectivity index (χ0) is 23.1. The van der Waals surface area contributed by atoms with Gasteiger partial charge in [0.05, 0.1) is 22.1 Å². The van der Waals surface area contributed by atoms with Crippen LogP contribution in [0.5, 0.6) is 5.75 Å². The number of anilines is 1. The first-order valence-electron chi connectivity index (χ1n) is 10.2. The number of amides is 1. The number of sulfonamides is 1. The van der Waals surface area contributed by atoms with E-state index in [1.807, 2.05) is 38.1 Å². The molecular weight excluding hydrogens is 448 g/mol. The average Bonchev–Trinajstić information content (AvgIpc) is 2.76. The maximum atomic E-state index is 12.8. The van der Waals surface area contributed by atoms with E-state index in [0.717, 1.165) is 11.1 Å². The summed E-state index contributed by atoms with van der Waals surface area (Å²) in [6.45, 7) is 4.81. The number of rotatable bonds is 9. The molecular formula is C24H25ClN2O4S. The third-order valence-corrected chi connectivity index (χ3v) is 6.56. The van der Waals surface area contributed by atoms with Gasteiger partial charge in [-0.05, 0) is 73.9 Å². The molecule has 0 aliphatic rings. The smallest absolute Gasteiger partial charge is 0.261 e. The topological polar surface area (TPSA) is 84.5 Å². The Bertz CT molecular complexity index is 1190. The van der Waals surface area contributed by atoms with Gasteiger partial charge in [-0.2, -0.15) is 0 Å². The monoisotopic (exact) mass is 472 g/mol. The van der Waals surface area contributed by atoms with Crippen molar-refractivity contribution in [2.75, 3.05) is 17.9 Å². The predicted octanol–water partition coefficient (Wildman–Crippen LogP) is 4.82. The van der Waals surface area contributed by atoms with Gasteiger partial charge in [0.1, 0.15) is 5.75 Å². The molecule has 0 heterocycles. The van der Waals surface area contributed by atoms with E-state index < -0.39 is 15.9 Å². The summed E-state index contributed by atoms with van der Waals surface area (Å²) in [5.41, 5.74) is 2.77. The van der Waals surface area contributed by atoms with E-state index in [4.69, 9.17) is 16.3 Å². The van der Waals surface area contributed by atoms with E-state index in [0.29, 0.717) is 31.0 Å². The van der Waals surface area contributed by atoms with Crippen LogP contribution in [0.15, 0.2) is 71.6 Å². The number of carbonyl (C=O) groups is 1. The SMILES string of the molecule is CCOc1ccc(NS(=O)(=O)c2ccc(Cl)c(C(=O)NCCc3ccccc3C)c2)cc1. The van der Waals surface area contributed by atoms with E-state index in [1.165, 1.54) is 18.2 Å². The standard InChI is InChI=1S/C24H25ClN2O4S/c1-3-31-20-10-8-19(9-11-20)27-32(29,30)21-12-13-23(25)22(16-21)24(28)26-15-14-18-7-5-4-6-17(18)2/h4-13,16,27H,3,14-15H2,1-2H3,(H,26,28). The molecule has 1 amide bonds. The number of ether oxygens (including phenoxy) is 1. The lowest BCUT2D eigenvalue weighted by atomic mass is 10.1. The molecule has 0 unspecified atom stereocenters. The second-order valence-electron chi connectivity index (χ2n) is 7.14. The molecule has 8 heteroatoms.